The van der Waals surface area contributed by atoms with Gasteiger partial charge in [-0.3, -0.25) is 11.3 Å². The number of nitrogen functional groups attached to an aromatic ring is 1. The lowest BCUT2D eigenvalue weighted by Gasteiger charge is -2.36. The maximum Gasteiger partial charge on any atom is 0.128 e. The number of aryl methyl sites for hydroxylation is 1. The van der Waals surface area contributed by atoms with Gasteiger partial charge in [-0.05, 0) is 25.0 Å². The van der Waals surface area contributed by atoms with Gasteiger partial charge in [0.1, 0.15) is 5.82 Å². The van der Waals surface area contributed by atoms with Gasteiger partial charge in [-0.1, -0.05) is 6.92 Å². The molecule has 0 radical (unpaired) electrons. The Bertz CT molecular complexity index is 407. The number of rotatable bonds is 4. The average Bonchev–Trinajstić information content (AvgIpc) is 2.43. The standard InChI is InChI=1S/C13H22N4S2/c1-3-9-12(19-7-6-18-9)11(17-15)10-8(2)4-5-16-13(10)14/h4-5,9,11-12,17H,3,6-7,15H2,1-2H3,(H2,14,16). The van der Waals surface area contributed by atoms with Gasteiger partial charge in [-0.2, -0.15) is 23.5 Å². The summed E-state index contributed by atoms with van der Waals surface area (Å²) in [6.07, 6.45) is 2.90. The molecule has 6 heteroatoms. The van der Waals surface area contributed by atoms with Crippen LogP contribution in [-0.4, -0.2) is 27.0 Å². The zero-order chi connectivity index (χ0) is 13.8. The first kappa shape index (κ1) is 15.0. The van der Waals surface area contributed by atoms with Crippen LogP contribution in [0.15, 0.2) is 12.3 Å². The summed E-state index contributed by atoms with van der Waals surface area (Å²) in [4.78, 5) is 4.22. The van der Waals surface area contributed by atoms with E-state index >= 15 is 0 Å². The third-order valence-electron chi connectivity index (χ3n) is 3.55. The summed E-state index contributed by atoms with van der Waals surface area (Å²) in [5, 5.41) is 1.05. The maximum absolute atomic E-state index is 6.07. The molecule has 1 aliphatic rings. The summed E-state index contributed by atoms with van der Waals surface area (Å²) in [6.45, 7) is 4.31. The Morgan fingerprint density at radius 1 is 1.47 bits per heavy atom. The Morgan fingerprint density at radius 2 is 2.21 bits per heavy atom. The average molecular weight is 298 g/mol. The second-order valence-corrected chi connectivity index (χ2v) is 7.36. The highest BCUT2D eigenvalue weighted by atomic mass is 32.2. The molecule has 3 atom stereocenters. The molecule has 2 heterocycles. The van der Waals surface area contributed by atoms with Gasteiger partial charge in [0.25, 0.3) is 0 Å². The molecule has 1 aromatic heterocycles. The predicted octanol–water partition coefficient (Wildman–Crippen LogP) is 2.10. The number of aromatic nitrogens is 1. The monoisotopic (exact) mass is 298 g/mol. The smallest absolute Gasteiger partial charge is 0.128 e. The highest BCUT2D eigenvalue weighted by Gasteiger charge is 2.34. The van der Waals surface area contributed by atoms with E-state index in [1.807, 2.05) is 29.6 Å². The fourth-order valence-corrected chi connectivity index (χ4v) is 5.80. The number of pyridine rings is 1. The highest BCUT2D eigenvalue weighted by molar-refractivity contribution is 8.07. The zero-order valence-electron chi connectivity index (χ0n) is 11.4. The summed E-state index contributed by atoms with van der Waals surface area (Å²) >= 11 is 4.04. The fraction of sp³-hybridized carbons (Fsp3) is 0.615. The molecule has 1 aliphatic heterocycles. The summed E-state index contributed by atoms with van der Waals surface area (Å²) < 4.78 is 0. The van der Waals surface area contributed by atoms with Crippen LogP contribution >= 0.6 is 23.5 Å². The van der Waals surface area contributed by atoms with Gasteiger partial charge < -0.3 is 5.73 Å². The molecule has 3 unspecified atom stereocenters. The number of nitrogens with zero attached hydrogens (tertiary/aromatic N) is 1. The van der Waals surface area contributed by atoms with E-state index in [9.17, 15) is 0 Å². The van der Waals surface area contributed by atoms with E-state index < -0.39 is 0 Å². The summed E-state index contributed by atoms with van der Waals surface area (Å²) in [5.41, 5.74) is 11.3. The topological polar surface area (TPSA) is 77.0 Å². The van der Waals surface area contributed by atoms with Gasteiger partial charge >= 0.3 is 0 Å². The number of nitrogens with two attached hydrogens (primary N) is 2. The molecule has 0 aromatic carbocycles. The van der Waals surface area contributed by atoms with Crippen LogP contribution in [0.25, 0.3) is 0 Å². The highest BCUT2D eigenvalue weighted by Crippen LogP contribution is 2.41. The SMILES string of the molecule is CCC1SCCSC1C(NN)c1c(C)ccnc1N. The van der Waals surface area contributed by atoms with Gasteiger partial charge in [-0.25, -0.2) is 4.98 Å². The van der Waals surface area contributed by atoms with Gasteiger partial charge in [0.2, 0.25) is 0 Å². The molecule has 1 fully saturated rings. The van der Waals surface area contributed by atoms with Crippen molar-refractivity contribution in [2.24, 2.45) is 5.84 Å². The molecule has 4 nitrogen and oxygen atoms in total. The van der Waals surface area contributed by atoms with E-state index in [4.69, 9.17) is 11.6 Å². The van der Waals surface area contributed by atoms with Crippen molar-refractivity contribution >= 4 is 29.3 Å². The van der Waals surface area contributed by atoms with Gasteiger partial charge in [0.05, 0.1) is 6.04 Å². The lowest BCUT2D eigenvalue weighted by Crippen LogP contribution is -2.42. The van der Waals surface area contributed by atoms with Crippen molar-refractivity contribution in [2.45, 2.75) is 36.8 Å². The largest absolute Gasteiger partial charge is 0.383 e. The molecule has 1 saturated heterocycles. The van der Waals surface area contributed by atoms with E-state index in [-0.39, 0.29) is 6.04 Å². The van der Waals surface area contributed by atoms with Crippen LogP contribution in [0.3, 0.4) is 0 Å². The molecule has 2 rings (SSSR count). The number of anilines is 1. The molecular weight excluding hydrogens is 276 g/mol. The fourth-order valence-electron chi connectivity index (χ4n) is 2.58. The Labute approximate surface area is 123 Å². The minimum absolute atomic E-state index is 0.0662. The van der Waals surface area contributed by atoms with Crippen molar-refractivity contribution in [1.29, 1.82) is 0 Å². The number of hydrogen-bond acceptors (Lipinski definition) is 6. The van der Waals surface area contributed by atoms with E-state index in [1.54, 1.807) is 6.20 Å². The van der Waals surface area contributed by atoms with Crippen LogP contribution in [0.4, 0.5) is 5.82 Å². The van der Waals surface area contributed by atoms with Gasteiger partial charge in [0, 0.05) is 33.8 Å². The maximum atomic E-state index is 6.07. The van der Waals surface area contributed by atoms with Crippen molar-refractivity contribution in [3.05, 3.63) is 23.4 Å². The van der Waals surface area contributed by atoms with E-state index in [1.165, 1.54) is 11.5 Å². The number of hydrogen-bond donors (Lipinski definition) is 3. The zero-order valence-corrected chi connectivity index (χ0v) is 13.1. The Morgan fingerprint density at radius 3 is 2.84 bits per heavy atom. The third kappa shape index (κ3) is 3.18. The first-order valence-electron chi connectivity index (χ1n) is 6.59. The number of thioether (sulfide) groups is 2. The quantitative estimate of drug-likeness (QED) is 0.584. The van der Waals surface area contributed by atoms with Gasteiger partial charge in [-0.15, -0.1) is 0 Å². The van der Waals surface area contributed by atoms with Crippen molar-refractivity contribution in [2.75, 3.05) is 17.2 Å². The molecule has 0 saturated carbocycles. The first-order chi connectivity index (χ1) is 9.19. The Kier molecular flexibility index (Phi) is 5.38. The molecule has 0 aliphatic carbocycles. The summed E-state index contributed by atoms with van der Waals surface area (Å²) in [7, 11) is 0. The summed E-state index contributed by atoms with van der Waals surface area (Å²) in [6, 6.07) is 2.06. The Hall–Kier alpha value is -0.430. The van der Waals surface area contributed by atoms with Gasteiger partial charge in [0.15, 0.2) is 0 Å². The van der Waals surface area contributed by atoms with Crippen molar-refractivity contribution in [1.82, 2.24) is 10.4 Å². The van der Waals surface area contributed by atoms with Crippen LogP contribution in [-0.2, 0) is 0 Å². The van der Waals surface area contributed by atoms with Crippen LogP contribution in [0.2, 0.25) is 0 Å². The molecule has 0 bridgehead atoms. The van der Waals surface area contributed by atoms with E-state index in [2.05, 4.69) is 24.3 Å². The van der Waals surface area contributed by atoms with Crippen molar-refractivity contribution in [3.63, 3.8) is 0 Å². The molecule has 5 N–H and O–H groups in total. The lowest BCUT2D eigenvalue weighted by atomic mass is 9.97. The molecular formula is C13H22N4S2. The summed E-state index contributed by atoms with van der Waals surface area (Å²) in [5.74, 6) is 8.82. The number of nitrogens with one attached hydrogen (secondary N) is 1. The van der Waals surface area contributed by atoms with Crippen LogP contribution in [0, 0.1) is 6.92 Å². The second kappa shape index (κ2) is 6.83. The van der Waals surface area contributed by atoms with Crippen LogP contribution < -0.4 is 17.0 Å². The third-order valence-corrected chi connectivity index (χ3v) is 6.90. The molecule has 0 spiro atoms. The van der Waals surface area contributed by atoms with Crippen molar-refractivity contribution in [3.8, 4) is 0 Å². The molecule has 19 heavy (non-hydrogen) atoms. The molecule has 106 valence electrons. The minimum atomic E-state index is 0.0662. The Balaban J connectivity index is 2.33. The van der Waals surface area contributed by atoms with E-state index in [0.29, 0.717) is 16.3 Å². The van der Waals surface area contributed by atoms with Crippen molar-refractivity contribution < 1.29 is 0 Å². The first-order valence-corrected chi connectivity index (χ1v) is 8.69. The lowest BCUT2D eigenvalue weighted by molar-refractivity contribution is 0.512. The normalized spacial score (nSPS) is 25.2. The molecule has 0 amide bonds. The second-order valence-electron chi connectivity index (χ2n) is 4.72. The minimum Gasteiger partial charge on any atom is -0.383 e. The van der Waals surface area contributed by atoms with Crippen LogP contribution in [0.5, 0.6) is 0 Å². The van der Waals surface area contributed by atoms with E-state index in [0.717, 1.165) is 17.5 Å². The van der Waals surface area contributed by atoms with Crippen LogP contribution in [0.1, 0.15) is 30.5 Å². The number of hydrazine groups is 1. The molecule has 1 aromatic rings. The predicted molar refractivity (Wildman–Crippen MR) is 86.2 cm³/mol.